The number of hydrogen-bond donors (Lipinski definition) is 3. The second kappa shape index (κ2) is 8.58. The number of thiazole rings is 1. The number of carboxylic acid groups (broad SMARTS) is 1. The summed E-state index contributed by atoms with van der Waals surface area (Å²) in [7, 11) is 0. The van der Waals surface area contributed by atoms with Crippen molar-refractivity contribution < 1.29 is 14.7 Å². The summed E-state index contributed by atoms with van der Waals surface area (Å²) < 4.78 is 0.261. The van der Waals surface area contributed by atoms with Gasteiger partial charge in [-0.25, -0.2) is 9.78 Å². The Bertz CT molecular complexity index is 849. The summed E-state index contributed by atoms with van der Waals surface area (Å²) in [5.41, 5.74) is 3.11. The number of hydrogen-bond acceptors (Lipinski definition) is 5. The van der Waals surface area contributed by atoms with Crippen molar-refractivity contribution in [3.63, 3.8) is 0 Å². The van der Waals surface area contributed by atoms with Crippen LogP contribution >= 0.6 is 22.9 Å². The fraction of sp³-hybridized carbons (Fsp3) is 0.389. The van der Waals surface area contributed by atoms with Gasteiger partial charge >= 0.3 is 12.0 Å². The number of anilines is 3. The lowest BCUT2D eigenvalue weighted by Gasteiger charge is -2.30. The smallest absolute Gasteiger partial charge is 0.325 e. The zero-order chi connectivity index (χ0) is 19.4. The molecule has 27 heavy (non-hydrogen) atoms. The van der Waals surface area contributed by atoms with E-state index in [2.05, 4.69) is 26.6 Å². The number of aryl methyl sites for hydroxylation is 1. The molecule has 0 aliphatic carbocycles. The molecule has 1 aliphatic heterocycles. The Morgan fingerprint density at radius 1 is 1.26 bits per heavy atom. The Kier molecular flexibility index (Phi) is 6.18. The molecule has 7 nitrogen and oxygen atoms in total. The molecule has 3 N–H and O–H groups in total. The lowest BCUT2D eigenvalue weighted by atomic mass is 10.1. The van der Waals surface area contributed by atoms with Crippen LogP contribution in [0.15, 0.2) is 18.2 Å². The number of carbonyl (C=O) groups is 2. The minimum Gasteiger partial charge on any atom is -0.481 e. The van der Waals surface area contributed by atoms with Gasteiger partial charge in [-0.2, -0.15) is 0 Å². The lowest BCUT2D eigenvalue weighted by Crippen LogP contribution is -2.31. The first kappa shape index (κ1) is 19.4. The molecule has 2 heterocycles. The second-order valence-electron chi connectivity index (χ2n) is 6.46. The van der Waals surface area contributed by atoms with Gasteiger partial charge in [0.1, 0.15) is 4.34 Å². The van der Waals surface area contributed by atoms with Gasteiger partial charge in [0, 0.05) is 13.1 Å². The molecule has 0 saturated carbocycles. The highest BCUT2D eigenvalue weighted by molar-refractivity contribution is 7.19. The van der Waals surface area contributed by atoms with Gasteiger partial charge in [-0.3, -0.25) is 10.1 Å². The summed E-state index contributed by atoms with van der Waals surface area (Å²) in [5.74, 6) is -1.02. The number of halogens is 1. The number of aromatic nitrogens is 1. The number of nitrogens with zero attached hydrogens (tertiary/aromatic N) is 2. The van der Waals surface area contributed by atoms with Gasteiger partial charge in [0.05, 0.1) is 23.5 Å². The fourth-order valence-corrected chi connectivity index (χ4v) is 4.07. The van der Waals surface area contributed by atoms with Crippen molar-refractivity contribution in [1.29, 1.82) is 0 Å². The van der Waals surface area contributed by atoms with Crippen LogP contribution in [0.5, 0.6) is 0 Å². The molecule has 144 valence electrons. The number of piperidine rings is 1. The molecule has 2 amide bonds. The van der Waals surface area contributed by atoms with Crippen molar-refractivity contribution in [2.75, 3.05) is 28.6 Å². The fourth-order valence-electron chi connectivity index (χ4n) is 3.03. The molecule has 1 fully saturated rings. The van der Waals surface area contributed by atoms with Gasteiger partial charge in [0.2, 0.25) is 0 Å². The minimum atomic E-state index is -1.02. The van der Waals surface area contributed by atoms with Crippen molar-refractivity contribution in [2.45, 2.75) is 32.6 Å². The largest absolute Gasteiger partial charge is 0.481 e. The van der Waals surface area contributed by atoms with Gasteiger partial charge in [0.15, 0.2) is 5.13 Å². The number of carbonyl (C=O) groups excluding carboxylic acids is 1. The third-order valence-electron chi connectivity index (χ3n) is 4.29. The van der Waals surface area contributed by atoms with Crippen molar-refractivity contribution >= 4 is 51.4 Å². The predicted molar refractivity (Wildman–Crippen MR) is 108 cm³/mol. The van der Waals surface area contributed by atoms with Gasteiger partial charge in [-0.15, -0.1) is 0 Å². The first-order valence-electron chi connectivity index (χ1n) is 8.73. The SMILES string of the molecule is Cc1ccc(NC(=O)Nc2nc(CC(=O)O)c(Cl)s2)c(N2CCCCC2)c1. The minimum absolute atomic E-state index is 0.244. The van der Waals surface area contributed by atoms with E-state index >= 15 is 0 Å². The van der Waals surface area contributed by atoms with Crippen molar-refractivity contribution in [3.8, 4) is 0 Å². The first-order valence-corrected chi connectivity index (χ1v) is 9.92. The second-order valence-corrected chi connectivity index (χ2v) is 8.06. The number of nitrogens with one attached hydrogen (secondary N) is 2. The quantitative estimate of drug-likeness (QED) is 0.683. The van der Waals surface area contributed by atoms with Gasteiger partial charge < -0.3 is 15.3 Å². The van der Waals surface area contributed by atoms with Crippen LogP contribution in [0.1, 0.15) is 30.5 Å². The molecule has 1 aromatic carbocycles. The maximum absolute atomic E-state index is 12.4. The van der Waals surface area contributed by atoms with E-state index in [-0.39, 0.29) is 21.6 Å². The number of amides is 2. The monoisotopic (exact) mass is 408 g/mol. The van der Waals surface area contributed by atoms with E-state index in [1.807, 2.05) is 19.1 Å². The van der Waals surface area contributed by atoms with Crippen molar-refractivity contribution in [2.24, 2.45) is 0 Å². The number of urea groups is 1. The molecule has 0 unspecified atom stereocenters. The van der Waals surface area contributed by atoms with E-state index in [9.17, 15) is 9.59 Å². The maximum atomic E-state index is 12.4. The van der Waals surface area contributed by atoms with Crippen LogP contribution in [-0.4, -0.2) is 35.2 Å². The molecule has 0 atom stereocenters. The van der Waals surface area contributed by atoms with Crippen LogP contribution in [0.25, 0.3) is 0 Å². The molecular formula is C18H21ClN4O3S. The van der Waals surface area contributed by atoms with Crippen LogP contribution in [-0.2, 0) is 11.2 Å². The summed E-state index contributed by atoms with van der Waals surface area (Å²) in [6.45, 7) is 3.97. The number of rotatable bonds is 5. The number of aliphatic carboxylic acids is 1. The highest BCUT2D eigenvalue weighted by Crippen LogP contribution is 2.31. The average Bonchev–Trinajstić information content (AvgIpc) is 2.95. The molecule has 1 aromatic heterocycles. The molecule has 1 aliphatic rings. The van der Waals surface area contributed by atoms with Gasteiger partial charge in [-0.05, 0) is 43.9 Å². The standard InChI is InChI=1S/C18H21ClN4O3S/c1-11-5-6-12(14(9-11)23-7-3-2-4-8-23)20-17(26)22-18-21-13(10-15(24)25)16(19)27-18/h5-6,9H,2-4,7-8,10H2,1H3,(H,24,25)(H2,20,21,22,26). The molecular weight excluding hydrogens is 388 g/mol. The highest BCUT2D eigenvalue weighted by Gasteiger charge is 2.18. The maximum Gasteiger partial charge on any atom is 0.325 e. The third-order valence-corrected chi connectivity index (χ3v) is 5.54. The Balaban J connectivity index is 1.71. The van der Waals surface area contributed by atoms with Gasteiger partial charge in [-0.1, -0.05) is 29.0 Å². The average molecular weight is 409 g/mol. The first-order chi connectivity index (χ1) is 12.9. The van der Waals surface area contributed by atoms with Crippen LogP contribution < -0.4 is 15.5 Å². The zero-order valence-corrected chi connectivity index (χ0v) is 16.5. The highest BCUT2D eigenvalue weighted by atomic mass is 35.5. The Morgan fingerprint density at radius 2 is 2.00 bits per heavy atom. The number of carboxylic acids is 1. The molecule has 1 saturated heterocycles. The predicted octanol–water partition coefficient (Wildman–Crippen LogP) is 4.37. The Labute approximate surface area is 166 Å². The molecule has 0 bridgehead atoms. The topological polar surface area (TPSA) is 94.6 Å². The summed E-state index contributed by atoms with van der Waals surface area (Å²) in [6.07, 6.45) is 3.23. The van der Waals surface area contributed by atoms with Crippen molar-refractivity contribution in [3.05, 3.63) is 33.8 Å². The van der Waals surface area contributed by atoms with Gasteiger partial charge in [0.25, 0.3) is 0 Å². The molecule has 3 rings (SSSR count). The summed E-state index contributed by atoms with van der Waals surface area (Å²) in [4.78, 5) is 29.6. The van der Waals surface area contributed by atoms with Crippen LogP contribution in [0.3, 0.4) is 0 Å². The van der Waals surface area contributed by atoms with E-state index in [0.29, 0.717) is 0 Å². The normalized spacial score (nSPS) is 14.1. The van der Waals surface area contributed by atoms with E-state index in [1.54, 1.807) is 0 Å². The molecule has 9 heteroatoms. The van der Waals surface area contributed by atoms with E-state index in [1.165, 1.54) is 6.42 Å². The third kappa shape index (κ3) is 5.11. The summed E-state index contributed by atoms with van der Waals surface area (Å²) in [5, 5.41) is 14.6. The van der Waals surface area contributed by atoms with Crippen LogP contribution in [0, 0.1) is 6.92 Å². The van der Waals surface area contributed by atoms with E-state index < -0.39 is 12.0 Å². The zero-order valence-electron chi connectivity index (χ0n) is 14.9. The number of benzene rings is 1. The van der Waals surface area contributed by atoms with E-state index in [0.717, 1.165) is 54.2 Å². The van der Waals surface area contributed by atoms with Crippen LogP contribution in [0.2, 0.25) is 4.34 Å². The Morgan fingerprint density at radius 3 is 2.70 bits per heavy atom. The Hall–Kier alpha value is -2.32. The molecule has 0 spiro atoms. The summed E-state index contributed by atoms with van der Waals surface area (Å²) in [6, 6.07) is 5.48. The van der Waals surface area contributed by atoms with Crippen molar-refractivity contribution in [1.82, 2.24) is 4.98 Å². The van der Waals surface area contributed by atoms with Crippen LogP contribution in [0.4, 0.5) is 21.3 Å². The lowest BCUT2D eigenvalue weighted by molar-refractivity contribution is -0.136. The molecule has 0 radical (unpaired) electrons. The molecule has 2 aromatic rings. The summed E-state index contributed by atoms with van der Waals surface area (Å²) >= 11 is 7.03. The van der Waals surface area contributed by atoms with E-state index in [4.69, 9.17) is 16.7 Å².